The number of benzene rings is 2. The van der Waals surface area contributed by atoms with Gasteiger partial charge in [0, 0.05) is 16.1 Å². The summed E-state index contributed by atoms with van der Waals surface area (Å²) in [6.45, 7) is 5.54. The van der Waals surface area contributed by atoms with Gasteiger partial charge < -0.3 is 15.0 Å². The van der Waals surface area contributed by atoms with Gasteiger partial charge in [0.1, 0.15) is 4.83 Å². The number of thiophene rings is 1. The summed E-state index contributed by atoms with van der Waals surface area (Å²) in [4.78, 5) is 46.2. The molecule has 2 aromatic heterocycles. The highest BCUT2D eigenvalue weighted by Crippen LogP contribution is 2.35. The number of anilines is 1. The van der Waals surface area contributed by atoms with Crippen LogP contribution in [0.1, 0.15) is 29.1 Å². The lowest BCUT2D eigenvalue weighted by Crippen LogP contribution is -2.16. The Morgan fingerprint density at radius 1 is 1.12 bits per heavy atom. The highest BCUT2D eigenvalue weighted by atomic mass is 32.2. The van der Waals surface area contributed by atoms with Crippen LogP contribution in [-0.2, 0) is 9.53 Å². The molecule has 1 amide bonds. The molecular formula is C25H23N3O4S2. The third-order valence-electron chi connectivity index (χ3n) is 4.87. The maximum Gasteiger partial charge on any atom is 0.338 e. The minimum Gasteiger partial charge on any atom is -0.459 e. The number of nitrogens with zero attached hydrogens (tertiary/aromatic N) is 1. The zero-order valence-corrected chi connectivity index (χ0v) is 20.5. The fourth-order valence-corrected chi connectivity index (χ4v) is 5.19. The van der Waals surface area contributed by atoms with Crippen molar-refractivity contribution in [3.8, 4) is 11.1 Å². The van der Waals surface area contributed by atoms with E-state index in [-0.39, 0.29) is 23.3 Å². The predicted octanol–water partition coefficient (Wildman–Crippen LogP) is 5.26. The maximum atomic E-state index is 12.9. The maximum absolute atomic E-state index is 12.9. The van der Waals surface area contributed by atoms with E-state index in [9.17, 15) is 14.4 Å². The number of thioether (sulfide) groups is 1. The highest BCUT2D eigenvalue weighted by Gasteiger charge is 2.17. The first-order valence-electron chi connectivity index (χ1n) is 10.6. The summed E-state index contributed by atoms with van der Waals surface area (Å²) in [7, 11) is 0. The monoisotopic (exact) mass is 493 g/mol. The lowest BCUT2D eigenvalue weighted by atomic mass is 10.0. The van der Waals surface area contributed by atoms with Gasteiger partial charge in [0.2, 0.25) is 5.91 Å². The van der Waals surface area contributed by atoms with Crippen molar-refractivity contribution < 1.29 is 14.3 Å². The number of amides is 1. The molecule has 9 heteroatoms. The molecule has 0 bridgehead atoms. The zero-order valence-electron chi connectivity index (χ0n) is 18.9. The van der Waals surface area contributed by atoms with Gasteiger partial charge in [0.25, 0.3) is 5.56 Å². The number of hydrogen-bond acceptors (Lipinski definition) is 7. The minimum absolute atomic E-state index is 0.0709. The molecule has 0 fully saturated rings. The Hall–Kier alpha value is -3.43. The van der Waals surface area contributed by atoms with E-state index in [2.05, 4.69) is 15.3 Å². The average Bonchev–Trinajstić information content (AvgIpc) is 3.14. The van der Waals surface area contributed by atoms with Crippen LogP contribution >= 0.6 is 23.1 Å². The number of esters is 1. The van der Waals surface area contributed by atoms with E-state index in [0.717, 1.165) is 27.8 Å². The topological polar surface area (TPSA) is 101 Å². The smallest absolute Gasteiger partial charge is 0.338 e. The van der Waals surface area contributed by atoms with Crippen LogP contribution in [0, 0.1) is 6.92 Å². The predicted molar refractivity (Wildman–Crippen MR) is 137 cm³/mol. The van der Waals surface area contributed by atoms with Gasteiger partial charge in [-0.15, -0.1) is 11.3 Å². The molecule has 0 aliphatic rings. The van der Waals surface area contributed by atoms with Crippen LogP contribution in [0.25, 0.3) is 21.3 Å². The number of rotatable bonds is 7. The van der Waals surface area contributed by atoms with E-state index in [0.29, 0.717) is 26.6 Å². The molecule has 4 rings (SSSR count). The number of fused-ring (bicyclic) bond motifs is 1. The van der Waals surface area contributed by atoms with Crippen molar-refractivity contribution in [1.82, 2.24) is 9.97 Å². The van der Waals surface area contributed by atoms with Gasteiger partial charge in [-0.25, -0.2) is 9.78 Å². The SMILES string of the molecule is Cc1sc2nc(SCC(=O)Nc3ccc(C(=O)OC(C)C)cc3)[nH]c(=O)c2c1-c1ccccc1. The first kappa shape index (κ1) is 23.7. The molecule has 4 aromatic rings. The second-order valence-electron chi connectivity index (χ2n) is 7.82. The number of nitrogens with one attached hydrogen (secondary N) is 2. The zero-order chi connectivity index (χ0) is 24.2. The summed E-state index contributed by atoms with van der Waals surface area (Å²) in [5.41, 5.74) is 2.62. The van der Waals surface area contributed by atoms with Gasteiger partial charge in [-0.1, -0.05) is 42.1 Å². The number of hydrogen-bond donors (Lipinski definition) is 2. The van der Waals surface area contributed by atoms with E-state index in [1.165, 1.54) is 11.3 Å². The summed E-state index contributed by atoms with van der Waals surface area (Å²) >= 11 is 2.62. The van der Waals surface area contributed by atoms with Gasteiger partial charge >= 0.3 is 5.97 Å². The van der Waals surface area contributed by atoms with Crippen LogP contribution in [0.3, 0.4) is 0 Å². The van der Waals surface area contributed by atoms with Crippen LogP contribution in [-0.4, -0.2) is 33.7 Å². The molecule has 0 unspecified atom stereocenters. The summed E-state index contributed by atoms with van der Waals surface area (Å²) in [5.74, 6) is -0.590. The number of aryl methyl sites for hydroxylation is 1. The lowest BCUT2D eigenvalue weighted by Gasteiger charge is -2.09. The molecule has 0 aliphatic heterocycles. The molecule has 0 saturated heterocycles. The Kier molecular flexibility index (Phi) is 7.14. The van der Waals surface area contributed by atoms with E-state index in [4.69, 9.17) is 4.74 Å². The molecule has 7 nitrogen and oxygen atoms in total. The van der Waals surface area contributed by atoms with Gasteiger partial charge in [0.15, 0.2) is 5.16 Å². The van der Waals surface area contributed by atoms with Crippen LogP contribution in [0.5, 0.6) is 0 Å². The van der Waals surface area contributed by atoms with E-state index in [1.54, 1.807) is 38.1 Å². The number of aromatic nitrogens is 2. The third-order valence-corrected chi connectivity index (χ3v) is 6.74. The number of aromatic amines is 1. The molecule has 0 radical (unpaired) electrons. The van der Waals surface area contributed by atoms with Gasteiger partial charge in [-0.2, -0.15) is 0 Å². The van der Waals surface area contributed by atoms with Crippen molar-refractivity contribution in [2.75, 3.05) is 11.1 Å². The van der Waals surface area contributed by atoms with E-state index >= 15 is 0 Å². The second-order valence-corrected chi connectivity index (χ2v) is 9.99. The Morgan fingerprint density at radius 3 is 2.50 bits per heavy atom. The minimum atomic E-state index is -0.409. The van der Waals surface area contributed by atoms with Crippen molar-refractivity contribution >= 4 is 50.9 Å². The first-order valence-corrected chi connectivity index (χ1v) is 12.4. The highest BCUT2D eigenvalue weighted by molar-refractivity contribution is 7.99. The molecule has 34 heavy (non-hydrogen) atoms. The molecule has 0 saturated carbocycles. The molecular weight excluding hydrogens is 470 g/mol. The molecule has 0 aliphatic carbocycles. The van der Waals surface area contributed by atoms with Crippen LogP contribution < -0.4 is 10.9 Å². The van der Waals surface area contributed by atoms with Crippen molar-refractivity contribution in [3.05, 3.63) is 75.4 Å². The summed E-state index contributed by atoms with van der Waals surface area (Å²) in [6, 6.07) is 16.2. The van der Waals surface area contributed by atoms with Gasteiger partial charge in [0.05, 0.1) is 22.8 Å². The van der Waals surface area contributed by atoms with Gasteiger partial charge in [-0.05, 0) is 50.6 Å². The van der Waals surface area contributed by atoms with Crippen molar-refractivity contribution in [3.63, 3.8) is 0 Å². The molecule has 0 spiro atoms. The second kappa shape index (κ2) is 10.2. The van der Waals surface area contributed by atoms with Gasteiger partial charge in [-0.3, -0.25) is 9.59 Å². The fraction of sp³-hybridized carbons (Fsp3) is 0.200. The number of carbonyl (C=O) groups excluding carboxylic acids is 2. The fourth-order valence-electron chi connectivity index (χ4n) is 3.42. The average molecular weight is 494 g/mol. The van der Waals surface area contributed by atoms with E-state index in [1.807, 2.05) is 37.3 Å². The summed E-state index contributed by atoms with van der Waals surface area (Å²) < 4.78 is 5.15. The lowest BCUT2D eigenvalue weighted by molar-refractivity contribution is -0.113. The summed E-state index contributed by atoms with van der Waals surface area (Å²) in [6.07, 6.45) is -0.203. The van der Waals surface area contributed by atoms with Crippen molar-refractivity contribution in [1.29, 1.82) is 0 Å². The largest absolute Gasteiger partial charge is 0.459 e. The Bertz CT molecular complexity index is 1390. The third kappa shape index (κ3) is 5.37. The van der Waals surface area contributed by atoms with Crippen molar-refractivity contribution in [2.24, 2.45) is 0 Å². The van der Waals surface area contributed by atoms with Crippen LogP contribution in [0.4, 0.5) is 5.69 Å². The Balaban J connectivity index is 1.43. The normalized spacial score (nSPS) is 11.1. The number of ether oxygens (including phenoxy) is 1. The number of H-pyrrole nitrogens is 1. The van der Waals surface area contributed by atoms with Crippen molar-refractivity contribution in [2.45, 2.75) is 32.0 Å². The Labute approximate surface area is 204 Å². The Morgan fingerprint density at radius 2 is 1.82 bits per heavy atom. The quantitative estimate of drug-likeness (QED) is 0.207. The molecule has 2 aromatic carbocycles. The first-order chi connectivity index (χ1) is 16.3. The van der Waals surface area contributed by atoms with Crippen LogP contribution in [0.2, 0.25) is 0 Å². The van der Waals surface area contributed by atoms with E-state index < -0.39 is 5.97 Å². The number of carbonyl (C=O) groups is 2. The molecule has 0 atom stereocenters. The standard InChI is InChI=1S/C25H23N3O4S2/c1-14(2)32-24(31)17-9-11-18(12-10-17)26-19(29)13-33-25-27-22(30)21-20(15(3)34-23(21)28-25)16-7-5-4-6-8-16/h4-12,14H,13H2,1-3H3,(H,26,29)(H,27,28,30). The molecule has 2 N–H and O–H groups in total. The summed E-state index contributed by atoms with van der Waals surface area (Å²) in [5, 5.41) is 3.73. The molecule has 2 heterocycles. The molecule has 174 valence electrons. The van der Waals surface area contributed by atoms with Crippen LogP contribution in [0.15, 0.2) is 64.5 Å².